The van der Waals surface area contributed by atoms with Crippen LogP contribution in [0.4, 0.5) is 5.69 Å². The Balaban J connectivity index is 1.43. The maximum atomic E-state index is 12.4. The van der Waals surface area contributed by atoms with Gasteiger partial charge in [0.15, 0.2) is 0 Å². The van der Waals surface area contributed by atoms with Crippen LogP contribution in [-0.2, 0) is 11.2 Å². The summed E-state index contributed by atoms with van der Waals surface area (Å²) in [6.07, 6.45) is 3.46. The maximum Gasteiger partial charge on any atom is 0.230 e. The summed E-state index contributed by atoms with van der Waals surface area (Å²) in [6, 6.07) is 11.2. The third kappa shape index (κ3) is 3.87. The third-order valence-electron chi connectivity index (χ3n) is 3.85. The second-order valence-corrected chi connectivity index (χ2v) is 6.70. The van der Waals surface area contributed by atoms with Crippen LogP contribution < -0.4 is 5.32 Å². The highest BCUT2D eigenvalue weighted by Gasteiger charge is 2.11. The summed E-state index contributed by atoms with van der Waals surface area (Å²) in [5.74, 6) is -0.123. The van der Waals surface area contributed by atoms with Crippen LogP contribution in [0.1, 0.15) is 11.3 Å². The van der Waals surface area contributed by atoms with Gasteiger partial charge in [-0.1, -0.05) is 6.07 Å². The number of nitrogens with zero attached hydrogens (tertiary/aromatic N) is 6. The van der Waals surface area contributed by atoms with Gasteiger partial charge in [-0.15, -0.1) is 16.4 Å². The van der Waals surface area contributed by atoms with Gasteiger partial charge in [-0.3, -0.25) is 9.78 Å². The summed E-state index contributed by atoms with van der Waals surface area (Å²) in [7, 11) is 0. The number of anilines is 1. The fourth-order valence-corrected chi connectivity index (χ4v) is 3.42. The molecular formula is C18H15N7OS. The molecule has 3 heterocycles. The standard InChI is InChI=1S/C18H15N7OS/c1-12-8-13(5-6-16(12)25-11-20-23-24-25)21-17(26)9-14-10-27-18(22-14)15-4-2-3-7-19-15/h2-8,10-11H,9H2,1H3,(H,21,26). The highest BCUT2D eigenvalue weighted by atomic mass is 32.1. The summed E-state index contributed by atoms with van der Waals surface area (Å²) < 4.78 is 1.58. The first-order valence-electron chi connectivity index (χ1n) is 8.19. The molecule has 0 atom stereocenters. The zero-order valence-electron chi connectivity index (χ0n) is 14.4. The molecule has 1 amide bonds. The number of tetrazole rings is 1. The molecule has 0 aliphatic heterocycles. The smallest absolute Gasteiger partial charge is 0.230 e. The zero-order valence-corrected chi connectivity index (χ0v) is 15.2. The van der Waals surface area contributed by atoms with Crippen LogP contribution in [0.25, 0.3) is 16.4 Å². The number of hydrogen-bond donors (Lipinski definition) is 1. The van der Waals surface area contributed by atoms with Gasteiger partial charge >= 0.3 is 0 Å². The van der Waals surface area contributed by atoms with Gasteiger partial charge in [0.1, 0.15) is 11.3 Å². The van der Waals surface area contributed by atoms with E-state index in [4.69, 9.17) is 0 Å². The van der Waals surface area contributed by atoms with E-state index in [0.717, 1.165) is 33.3 Å². The number of carbonyl (C=O) groups is 1. The van der Waals surface area contributed by atoms with Crippen LogP contribution >= 0.6 is 11.3 Å². The van der Waals surface area contributed by atoms with Gasteiger partial charge < -0.3 is 5.32 Å². The quantitative estimate of drug-likeness (QED) is 0.574. The minimum atomic E-state index is -0.123. The van der Waals surface area contributed by atoms with E-state index in [2.05, 4.69) is 30.8 Å². The second kappa shape index (κ2) is 7.42. The predicted octanol–water partition coefficient (Wildman–Crippen LogP) is 2.67. The SMILES string of the molecule is Cc1cc(NC(=O)Cc2csc(-c3ccccn3)n2)ccc1-n1cnnn1. The average molecular weight is 377 g/mol. The molecule has 27 heavy (non-hydrogen) atoms. The number of aryl methyl sites for hydroxylation is 1. The van der Waals surface area contributed by atoms with Gasteiger partial charge in [-0.25, -0.2) is 9.67 Å². The zero-order chi connectivity index (χ0) is 18.6. The van der Waals surface area contributed by atoms with E-state index in [1.165, 1.54) is 17.7 Å². The van der Waals surface area contributed by atoms with E-state index in [1.807, 2.05) is 48.7 Å². The van der Waals surface area contributed by atoms with Gasteiger partial charge in [-0.2, -0.15) is 0 Å². The molecular weight excluding hydrogens is 362 g/mol. The summed E-state index contributed by atoms with van der Waals surface area (Å²) in [5.41, 5.74) is 4.06. The highest BCUT2D eigenvalue weighted by molar-refractivity contribution is 7.13. The lowest BCUT2D eigenvalue weighted by atomic mass is 10.1. The number of hydrogen-bond acceptors (Lipinski definition) is 7. The molecule has 3 aromatic heterocycles. The summed E-state index contributed by atoms with van der Waals surface area (Å²) >= 11 is 1.48. The molecule has 134 valence electrons. The van der Waals surface area contributed by atoms with Crippen molar-refractivity contribution in [1.29, 1.82) is 0 Å². The number of pyridine rings is 1. The van der Waals surface area contributed by atoms with Crippen molar-refractivity contribution in [3.63, 3.8) is 0 Å². The predicted molar refractivity (Wildman–Crippen MR) is 102 cm³/mol. The van der Waals surface area contributed by atoms with Crippen molar-refractivity contribution >= 4 is 22.9 Å². The van der Waals surface area contributed by atoms with Crippen LogP contribution in [0, 0.1) is 6.92 Å². The number of amides is 1. The Morgan fingerprint density at radius 2 is 2.19 bits per heavy atom. The van der Waals surface area contributed by atoms with Crippen molar-refractivity contribution in [2.24, 2.45) is 0 Å². The van der Waals surface area contributed by atoms with E-state index >= 15 is 0 Å². The number of thiazole rings is 1. The number of carbonyl (C=O) groups excluding carboxylic acids is 1. The molecule has 1 aromatic carbocycles. The van der Waals surface area contributed by atoms with E-state index in [9.17, 15) is 4.79 Å². The number of benzene rings is 1. The van der Waals surface area contributed by atoms with Gasteiger partial charge in [0.25, 0.3) is 0 Å². The van der Waals surface area contributed by atoms with E-state index < -0.39 is 0 Å². The maximum absolute atomic E-state index is 12.4. The van der Waals surface area contributed by atoms with E-state index in [-0.39, 0.29) is 12.3 Å². The Labute approximate surface area is 158 Å². The van der Waals surface area contributed by atoms with Gasteiger partial charge in [0, 0.05) is 17.3 Å². The Morgan fingerprint density at radius 1 is 1.26 bits per heavy atom. The minimum absolute atomic E-state index is 0.123. The van der Waals surface area contributed by atoms with Crippen LogP contribution in [0.2, 0.25) is 0 Å². The fourth-order valence-electron chi connectivity index (χ4n) is 2.63. The average Bonchev–Trinajstić information content (AvgIpc) is 3.35. The van der Waals surface area contributed by atoms with Crippen LogP contribution in [0.3, 0.4) is 0 Å². The topological polar surface area (TPSA) is 98.5 Å². The van der Waals surface area contributed by atoms with Crippen molar-refractivity contribution < 1.29 is 4.79 Å². The second-order valence-electron chi connectivity index (χ2n) is 5.84. The van der Waals surface area contributed by atoms with Gasteiger partial charge in [0.2, 0.25) is 5.91 Å². The molecule has 0 radical (unpaired) electrons. The molecule has 0 saturated heterocycles. The third-order valence-corrected chi connectivity index (χ3v) is 4.77. The van der Waals surface area contributed by atoms with Crippen molar-refractivity contribution in [1.82, 2.24) is 30.2 Å². The first-order valence-corrected chi connectivity index (χ1v) is 9.07. The van der Waals surface area contributed by atoms with Crippen molar-refractivity contribution in [3.8, 4) is 16.4 Å². The first-order chi connectivity index (χ1) is 13.2. The summed E-state index contributed by atoms with van der Waals surface area (Å²) in [4.78, 5) is 21.1. The Bertz CT molecular complexity index is 1060. The van der Waals surface area contributed by atoms with Crippen molar-refractivity contribution in [3.05, 3.63) is 65.6 Å². The van der Waals surface area contributed by atoms with E-state index in [1.54, 1.807) is 10.9 Å². The van der Waals surface area contributed by atoms with Gasteiger partial charge in [-0.05, 0) is 53.2 Å². The molecule has 9 heteroatoms. The van der Waals surface area contributed by atoms with Crippen molar-refractivity contribution in [2.45, 2.75) is 13.3 Å². The highest BCUT2D eigenvalue weighted by Crippen LogP contribution is 2.22. The van der Waals surface area contributed by atoms with Crippen LogP contribution in [0.5, 0.6) is 0 Å². The molecule has 4 aromatic rings. The number of rotatable bonds is 5. The van der Waals surface area contributed by atoms with Crippen LogP contribution in [-0.4, -0.2) is 36.1 Å². The lowest BCUT2D eigenvalue weighted by Crippen LogP contribution is -2.15. The van der Waals surface area contributed by atoms with Gasteiger partial charge in [0.05, 0.1) is 23.5 Å². The normalized spacial score (nSPS) is 10.7. The molecule has 0 aliphatic rings. The molecule has 0 bridgehead atoms. The number of nitrogens with one attached hydrogen (secondary N) is 1. The van der Waals surface area contributed by atoms with E-state index in [0.29, 0.717) is 0 Å². The largest absolute Gasteiger partial charge is 0.326 e. The molecule has 0 saturated carbocycles. The Hall–Kier alpha value is -3.46. The molecule has 0 spiro atoms. The molecule has 0 unspecified atom stereocenters. The summed E-state index contributed by atoms with van der Waals surface area (Å²) in [5, 5.41) is 16.7. The van der Waals surface area contributed by atoms with Crippen molar-refractivity contribution in [2.75, 3.05) is 5.32 Å². The molecule has 4 rings (SSSR count). The molecule has 0 fully saturated rings. The molecule has 0 aliphatic carbocycles. The number of aromatic nitrogens is 6. The minimum Gasteiger partial charge on any atom is -0.326 e. The lowest BCUT2D eigenvalue weighted by Gasteiger charge is -2.08. The molecule has 1 N–H and O–H groups in total. The molecule has 8 nitrogen and oxygen atoms in total. The fraction of sp³-hybridized carbons (Fsp3) is 0.111. The van der Waals surface area contributed by atoms with Crippen LogP contribution in [0.15, 0.2) is 54.3 Å². The Morgan fingerprint density at radius 3 is 2.93 bits per heavy atom. The monoisotopic (exact) mass is 377 g/mol. The lowest BCUT2D eigenvalue weighted by molar-refractivity contribution is -0.115. The summed E-state index contributed by atoms with van der Waals surface area (Å²) in [6.45, 7) is 1.94. The Kier molecular flexibility index (Phi) is 4.67. The first kappa shape index (κ1) is 17.0.